The number of nitrogens with zero attached hydrogens (tertiary/aromatic N) is 4. The molecule has 4 rings (SSSR count). The van der Waals surface area contributed by atoms with Gasteiger partial charge < -0.3 is 8.98 Å². The van der Waals surface area contributed by atoms with E-state index in [1.54, 1.807) is 23.5 Å². The summed E-state index contributed by atoms with van der Waals surface area (Å²) in [6.07, 6.45) is 8.56. The van der Waals surface area contributed by atoms with Gasteiger partial charge in [0, 0.05) is 17.3 Å². The van der Waals surface area contributed by atoms with Crippen LogP contribution in [0.5, 0.6) is 0 Å². The van der Waals surface area contributed by atoms with Crippen molar-refractivity contribution in [2.24, 2.45) is 0 Å². The predicted octanol–water partition coefficient (Wildman–Crippen LogP) is 5.70. The maximum Gasteiger partial charge on any atom is 0.433 e. The smallest absolute Gasteiger partial charge is 0.401 e. The molecule has 0 aliphatic heterocycles. The van der Waals surface area contributed by atoms with Gasteiger partial charge in [0.1, 0.15) is 16.5 Å². The molecule has 1 saturated carbocycles. The number of aromatic nitrogens is 3. The molecule has 1 fully saturated rings. The molecule has 146 valence electrons. The number of nitro groups is 1. The van der Waals surface area contributed by atoms with Gasteiger partial charge in [-0.15, -0.1) is 21.5 Å². The molecule has 0 N–H and O–H groups in total. The van der Waals surface area contributed by atoms with Crippen molar-refractivity contribution in [3.8, 4) is 0 Å². The molecule has 0 amide bonds. The first-order chi connectivity index (χ1) is 13.7. The van der Waals surface area contributed by atoms with Crippen LogP contribution in [0.25, 0.3) is 6.08 Å². The topological polar surface area (TPSA) is 87.0 Å². The summed E-state index contributed by atoms with van der Waals surface area (Å²) in [4.78, 5) is 11.5. The van der Waals surface area contributed by atoms with Gasteiger partial charge in [-0.2, -0.15) is 0 Å². The van der Waals surface area contributed by atoms with E-state index < -0.39 is 4.92 Å². The number of thioether (sulfide) groups is 1. The highest BCUT2D eigenvalue weighted by atomic mass is 32.2. The van der Waals surface area contributed by atoms with Crippen LogP contribution in [0.4, 0.5) is 5.88 Å². The molecule has 0 spiro atoms. The summed E-state index contributed by atoms with van der Waals surface area (Å²) in [7, 11) is 0. The Morgan fingerprint density at radius 3 is 2.86 bits per heavy atom. The second kappa shape index (κ2) is 8.74. The Morgan fingerprint density at radius 2 is 2.14 bits per heavy atom. The Bertz CT molecular complexity index is 956. The average molecular weight is 417 g/mol. The minimum absolute atomic E-state index is 0.256. The Morgan fingerprint density at radius 1 is 1.29 bits per heavy atom. The second-order valence-corrected chi connectivity index (χ2v) is 8.58. The first-order valence-electron chi connectivity index (χ1n) is 9.24. The van der Waals surface area contributed by atoms with E-state index >= 15 is 0 Å². The largest absolute Gasteiger partial charge is 0.433 e. The van der Waals surface area contributed by atoms with Gasteiger partial charge in [-0.1, -0.05) is 37.1 Å². The van der Waals surface area contributed by atoms with Crippen LogP contribution in [0.3, 0.4) is 0 Å². The number of furan rings is 1. The van der Waals surface area contributed by atoms with Crippen LogP contribution in [-0.2, 0) is 6.42 Å². The molecule has 1 aliphatic rings. The molecule has 0 saturated heterocycles. The van der Waals surface area contributed by atoms with Crippen molar-refractivity contribution in [3.05, 3.63) is 61.6 Å². The Kier molecular flexibility index (Phi) is 5.92. The van der Waals surface area contributed by atoms with Gasteiger partial charge >= 0.3 is 5.88 Å². The highest BCUT2D eigenvalue weighted by Crippen LogP contribution is 2.34. The molecular formula is C19H20N4O3S2. The third-order valence-electron chi connectivity index (χ3n) is 4.79. The normalized spacial score (nSPS) is 15.4. The van der Waals surface area contributed by atoms with Crippen molar-refractivity contribution in [2.45, 2.75) is 49.7 Å². The Labute approximate surface area is 170 Å². The van der Waals surface area contributed by atoms with Gasteiger partial charge in [0.05, 0.1) is 6.07 Å². The first kappa shape index (κ1) is 18.9. The summed E-state index contributed by atoms with van der Waals surface area (Å²) in [6.45, 7) is 0. The molecular weight excluding hydrogens is 396 g/mol. The van der Waals surface area contributed by atoms with Crippen molar-refractivity contribution in [1.29, 1.82) is 0 Å². The van der Waals surface area contributed by atoms with Crippen LogP contribution in [0.15, 0.2) is 44.6 Å². The zero-order valence-corrected chi connectivity index (χ0v) is 16.8. The molecule has 3 aromatic heterocycles. The molecule has 0 unspecified atom stereocenters. The lowest BCUT2D eigenvalue weighted by molar-refractivity contribution is -0.402. The molecule has 0 bridgehead atoms. The fourth-order valence-corrected chi connectivity index (χ4v) is 4.96. The van der Waals surface area contributed by atoms with Gasteiger partial charge in [0.25, 0.3) is 0 Å². The molecule has 3 heterocycles. The number of hydrogen-bond donors (Lipinski definition) is 0. The molecule has 9 heteroatoms. The predicted molar refractivity (Wildman–Crippen MR) is 110 cm³/mol. The Balaban J connectivity index is 1.54. The van der Waals surface area contributed by atoms with Crippen molar-refractivity contribution in [1.82, 2.24) is 14.8 Å². The van der Waals surface area contributed by atoms with E-state index in [1.807, 2.05) is 5.41 Å². The fraction of sp³-hybridized carbons (Fsp3) is 0.368. The summed E-state index contributed by atoms with van der Waals surface area (Å²) in [5, 5.41) is 24.4. The van der Waals surface area contributed by atoms with Crippen LogP contribution in [0.1, 0.15) is 54.6 Å². The SMILES string of the molecule is O=[N+]([O-])c1ccc(/C=C/Sc2nnc(Cc3cccs3)n2C2CCCCC2)o1. The van der Waals surface area contributed by atoms with Crippen LogP contribution in [0.2, 0.25) is 0 Å². The lowest BCUT2D eigenvalue weighted by atomic mass is 9.95. The summed E-state index contributed by atoms with van der Waals surface area (Å²) in [5.41, 5.74) is 0. The third-order valence-corrected chi connectivity index (χ3v) is 6.42. The van der Waals surface area contributed by atoms with Crippen LogP contribution >= 0.6 is 23.1 Å². The van der Waals surface area contributed by atoms with Crippen LogP contribution in [0, 0.1) is 10.1 Å². The minimum Gasteiger partial charge on any atom is -0.401 e. The summed E-state index contributed by atoms with van der Waals surface area (Å²) < 4.78 is 7.45. The lowest BCUT2D eigenvalue weighted by Gasteiger charge is -2.25. The number of hydrogen-bond acceptors (Lipinski definition) is 7. The number of thiophene rings is 1. The fourth-order valence-electron chi connectivity index (χ4n) is 3.48. The van der Waals surface area contributed by atoms with Gasteiger partial charge in [0.15, 0.2) is 5.16 Å². The van der Waals surface area contributed by atoms with Crippen LogP contribution in [-0.4, -0.2) is 19.7 Å². The van der Waals surface area contributed by atoms with Crippen LogP contribution < -0.4 is 0 Å². The van der Waals surface area contributed by atoms with Crippen molar-refractivity contribution in [3.63, 3.8) is 0 Å². The van der Waals surface area contributed by atoms with Gasteiger partial charge in [-0.05, 0) is 41.8 Å². The van der Waals surface area contributed by atoms with E-state index in [-0.39, 0.29) is 5.88 Å². The van der Waals surface area contributed by atoms with Gasteiger partial charge in [0.2, 0.25) is 0 Å². The first-order valence-corrected chi connectivity index (χ1v) is 11.0. The number of rotatable bonds is 7. The highest BCUT2D eigenvalue weighted by molar-refractivity contribution is 8.02. The standard InChI is InChI=1S/C19H20N4O3S2/c24-23(25)18-9-8-15(26-18)10-12-28-19-21-20-17(13-16-7-4-11-27-16)22(19)14-5-2-1-3-6-14/h4,7-12,14H,1-3,5-6,13H2/b12-10+. The van der Waals surface area contributed by atoms with E-state index in [0.29, 0.717) is 11.8 Å². The zero-order chi connectivity index (χ0) is 19.3. The molecule has 28 heavy (non-hydrogen) atoms. The van der Waals surface area contributed by atoms with E-state index in [9.17, 15) is 10.1 Å². The minimum atomic E-state index is -0.541. The monoisotopic (exact) mass is 416 g/mol. The molecule has 0 atom stereocenters. The molecule has 3 aromatic rings. The van der Waals surface area contributed by atoms with E-state index in [0.717, 1.165) is 30.2 Å². The molecule has 0 radical (unpaired) electrons. The lowest BCUT2D eigenvalue weighted by Crippen LogP contribution is -2.16. The summed E-state index contributed by atoms with van der Waals surface area (Å²) in [6, 6.07) is 7.56. The quantitative estimate of drug-likeness (QED) is 0.279. The van der Waals surface area contributed by atoms with Gasteiger partial charge in [-0.25, -0.2) is 0 Å². The van der Waals surface area contributed by atoms with E-state index in [2.05, 4.69) is 32.3 Å². The van der Waals surface area contributed by atoms with Crippen molar-refractivity contribution >= 4 is 35.1 Å². The average Bonchev–Trinajstić information content (AvgIpc) is 3.44. The Hall–Kier alpha value is -2.39. The zero-order valence-electron chi connectivity index (χ0n) is 15.2. The van der Waals surface area contributed by atoms with E-state index in [1.165, 1.54) is 42.0 Å². The summed E-state index contributed by atoms with van der Waals surface area (Å²) in [5.74, 6) is 1.19. The summed E-state index contributed by atoms with van der Waals surface area (Å²) >= 11 is 3.20. The maximum absolute atomic E-state index is 10.7. The van der Waals surface area contributed by atoms with E-state index in [4.69, 9.17) is 4.42 Å². The molecule has 1 aliphatic carbocycles. The van der Waals surface area contributed by atoms with Gasteiger partial charge in [-0.3, -0.25) is 10.1 Å². The van der Waals surface area contributed by atoms with Crippen molar-refractivity contribution in [2.75, 3.05) is 0 Å². The third kappa shape index (κ3) is 4.36. The maximum atomic E-state index is 10.7. The molecule has 0 aromatic carbocycles. The highest BCUT2D eigenvalue weighted by Gasteiger charge is 2.23. The van der Waals surface area contributed by atoms with Crippen molar-refractivity contribution < 1.29 is 9.34 Å². The molecule has 7 nitrogen and oxygen atoms in total. The second-order valence-electron chi connectivity index (χ2n) is 6.67.